The molecule has 0 aromatic carbocycles. The van der Waals surface area contributed by atoms with E-state index in [1.807, 2.05) is 0 Å². The van der Waals surface area contributed by atoms with E-state index in [4.69, 9.17) is 0 Å². The Labute approximate surface area is 114 Å². The fourth-order valence-corrected chi connectivity index (χ4v) is 2.20. The van der Waals surface area contributed by atoms with Gasteiger partial charge in [0.2, 0.25) is 0 Å². The van der Waals surface area contributed by atoms with E-state index in [9.17, 15) is 13.2 Å². The van der Waals surface area contributed by atoms with Crippen molar-refractivity contribution in [1.29, 1.82) is 0 Å². The normalized spacial score (nSPS) is 17.9. The van der Waals surface area contributed by atoms with Crippen molar-refractivity contribution in [1.82, 2.24) is 10.2 Å². The molecule has 0 aliphatic carbocycles. The summed E-state index contributed by atoms with van der Waals surface area (Å²) < 4.78 is 37.3. The molecule has 112 valence electrons. The van der Waals surface area contributed by atoms with Gasteiger partial charge in [-0.2, -0.15) is 13.2 Å². The van der Waals surface area contributed by atoms with E-state index in [2.05, 4.69) is 24.1 Å². The zero-order chi connectivity index (χ0) is 14.3. The average molecular weight is 278 g/mol. The van der Waals surface area contributed by atoms with Crippen LogP contribution in [0.1, 0.15) is 39.5 Å². The number of halogens is 3. The molecule has 0 saturated carbocycles. The molecule has 0 amide bonds. The number of alkyl halides is 3. The summed E-state index contributed by atoms with van der Waals surface area (Å²) in [6, 6.07) is 0.521. The maximum Gasteiger partial charge on any atom is 0.412 e. The predicted molar refractivity (Wildman–Crippen MR) is 72.2 cm³/mol. The van der Waals surface area contributed by atoms with Crippen LogP contribution < -0.4 is 5.32 Å². The van der Waals surface area contributed by atoms with Crippen LogP contribution >= 0.6 is 0 Å². The third kappa shape index (κ3) is 6.97. The monoisotopic (exact) mass is 278 g/mol. The van der Waals surface area contributed by atoms with E-state index < -0.39 is 6.18 Å². The van der Waals surface area contributed by atoms with Crippen LogP contribution in [0.25, 0.3) is 0 Å². The van der Waals surface area contributed by atoms with Crippen LogP contribution in [0.5, 0.6) is 0 Å². The highest BCUT2D eigenvalue weighted by molar-refractivity contribution is 5.12. The van der Waals surface area contributed by atoms with Gasteiger partial charge in [-0.3, -0.25) is 4.90 Å². The summed E-state index contributed by atoms with van der Waals surface area (Å²) in [7, 11) is 0. The van der Waals surface area contributed by atoms with Crippen molar-refractivity contribution in [3.63, 3.8) is 0 Å². The molecule has 0 atom stereocenters. The van der Waals surface area contributed by atoms with Gasteiger partial charge in [-0.25, -0.2) is 0 Å². The maximum absolute atomic E-state index is 12.4. The van der Waals surface area contributed by atoms with E-state index >= 15 is 0 Å². The van der Waals surface area contributed by atoms with Gasteiger partial charge in [-0.05, 0) is 32.4 Å². The standard InChI is InChI=1S/C14H25F3N2/c1-12(2)18-8-4-3-5-9-19-10-6-13(7-11-19)14(15,16)17/h6,12,18H,3-5,7-11H2,1-2H3. The lowest BCUT2D eigenvalue weighted by atomic mass is 10.1. The lowest BCUT2D eigenvalue weighted by molar-refractivity contribution is -0.0960. The summed E-state index contributed by atoms with van der Waals surface area (Å²) in [6.45, 7) is 7.16. The average Bonchev–Trinajstić information content (AvgIpc) is 2.32. The molecular formula is C14H25F3N2. The van der Waals surface area contributed by atoms with Crippen LogP contribution in [0.3, 0.4) is 0 Å². The molecule has 0 aromatic heterocycles. The first-order chi connectivity index (χ1) is 8.89. The molecule has 1 aliphatic rings. The first-order valence-electron chi connectivity index (χ1n) is 7.11. The number of nitrogens with one attached hydrogen (secondary N) is 1. The van der Waals surface area contributed by atoms with Gasteiger partial charge >= 0.3 is 6.18 Å². The van der Waals surface area contributed by atoms with Crippen LogP contribution in [0.2, 0.25) is 0 Å². The summed E-state index contributed by atoms with van der Waals surface area (Å²) in [6.07, 6.45) is 0.674. The van der Waals surface area contributed by atoms with Crippen LogP contribution in [0.4, 0.5) is 13.2 Å². The molecule has 0 spiro atoms. The van der Waals surface area contributed by atoms with E-state index in [0.29, 0.717) is 19.1 Å². The predicted octanol–water partition coefficient (Wildman–Crippen LogP) is 3.35. The Morgan fingerprint density at radius 2 is 2.00 bits per heavy atom. The third-order valence-corrected chi connectivity index (χ3v) is 3.36. The highest BCUT2D eigenvalue weighted by Crippen LogP contribution is 2.30. The van der Waals surface area contributed by atoms with Crippen LogP contribution in [-0.4, -0.2) is 43.3 Å². The molecule has 19 heavy (non-hydrogen) atoms. The fraction of sp³-hybridized carbons (Fsp3) is 0.857. The summed E-state index contributed by atoms with van der Waals surface area (Å²) in [4.78, 5) is 2.10. The summed E-state index contributed by atoms with van der Waals surface area (Å²) >= 11 is 0. The van der Waals surface area contributed by atoms with Crippen molar-refractivity contribution < 1.29 is 13.2 Å². The second kappa shape index (κ2) is 7.90. The molecule has 0 radical (unpaired) electrons. The highest BCUT2D eigenvalue weighted by Gasteiger charge is 2.34. The van der Waals surface area contributed by atoms with Gasteiger partial charge in [0, 0.05) is 24.7 Å². The second-order valence-corrected chi connectivity index (χ2v) is 5.45. The summed E-state index contributed by atoms with van der Waals surface area (Å²) in [5.74, 6) is 0. The molecule has 0 saturated heterocycles. The van der Waals surface area contributed by atoms with E-state index in [1.54, 1.807) is 0 Å². The minimum absolute atomic E-state index is 0.137. The van der Waals surface area contributed by atoms with Crippen LogP contribution in [0.15, 0.2) is 11.6 Å². The summed E-state index contributed by atoms with van der Waals surface area (Å²) in [5.41, 5.74) is -0.357. The van der Waals surface area contributed by atoms with E-state index in [-0.39, 0.29) is 12.0 Å². The Hall–Kier alpha value is -0.550. The zero-order valence-electron chi connectivity index (χ0n) is 11.9. The minimum atomic E-state index is -4.13. The van der Waals surface area contributed by atoms with E-state index in [0.717, 1.165) is 32.4 Å². The van der Waals surface area contributed by atoms with Gasteiger partial charge in [0.1, 0.15) is 0 Å². The van der Waals surface area contributed by atoms with Gasteiger partial charge in [-0.1, -0.05) is 26.3 Å². The molecule has 2 nitrogen and oxygen atoms in total. The Balaban J connectivity index is 2.08. The Morgan fingerprint density at radius 1 is 1.26 bits per heavy atom. The molecule has 0 fully saturated rings. The summed E-state index contributed by atoms with van der Waals surface area (Å²) in [5, 5.41) is 3.36. The van der Waals surface area contributed by atoms with Crippen molar-refractivity contribution in [2.45, 2.75) is 51.7 Å². The van der Waals surface area contributed by atoms with Crippen molar-refractivity contribution in [2.75, 3.05) is 26.2 Å². The number of rotatable bonds is 7. The number of nitrogens with zero attached hydrogens (tertiary/aromatic N) is 1. The fourth-order valence-electron chi connectivity index (χ4n) is 2.20. The quantitative estimate of drug-likeness (QED) is 0.567. The number of hydrogen-bond acceptors (Lipinski definition) is 2. The van der Waals surface area contributed by atoms with Gasteiger partial charge in [-0.15, -0.1) is 0 Å². The highest BCUT2D eigenvalue weighted by atomic mass is 19.4. The van der Waals surface area contributed by atoms with Gasteiger partial charge in [0.25, 0.3) is 0 Å². The molecule has 0 aromatic rings. The molecule has 5 heteroatoms. The van der Waals surface area contributed by atoms with Gasteiger partial charge in [0.05, 0.1) is 0 Å². The third-order valence-electron chi connectivity index (χ3n) is 3.36. The van der Waals surface area contributed by atoms with Crippen molar-refractivity contribution >= 4 is 0 Å². The maximum atomic E-state index is 12.4. The topological polar surface area (TPSA) is 15.3 Å². The molecule has 1 heterocycles. The van der Waals surface area contributed by atoms with Crippen molar-refractivity contribution in [2.24, 2.45) is 0 Å². The lowest BCUT2D eigenvalue weighted by Gasteiger charge is -2.27. The first kappa shape index (κ1) is 16.5. The molecule has 0 unspecified atom stereocenters. The molecular weight excluding hydrogens is 253 g/mol. The Kier molecular flexibility index (Phi) is 6.86. The lowest BCUT2D eigenvalue weighted by Crippen LogP contribution is -2.32. The van der Waals surface area contributed by atoms with Crippen LogP contribution in [0, 0.1) is 0 Å². The van der Waals surface area contributed by atoms with Gasteiger partial charge < -0.3 is 5.32 Å². The van der Waals surface area contributed by atoms with Gasteiger partial charge in [0.15, 0.2) is 0 Å². The molecule has 1 N–H and O–H groups in total. The SMILES string of the molecule is CC(C)NCCCCCN1CC=C(C(F)(F)F)CC1. The number of hydrogen-bond donors (Lipinski definition) is 1. The smallest absolute Gasteiger partial charge is 0.315 e. The Morgan fingerprint density at radius 3 is 2.53 bits per heavy atom. The zero-order valence-corrected chi connectivity index (χ0v) is 11.9. The van der Waals surface area contributed by atoms with Crippen molar-refractivity contribution in [3.8, 4) is 0 Å². The Bertz CT molecular complexity index is 285. The molecule has 1 aliphatic heterocycles. The number of unbranched alkanes of at least 4 members (excludes halogenated alkanes) is 2. The first-order valence-corrected chi connectivity index (χ1v) is 7.11. The molecule has 0 bridgehead atoms. The van der Waals surface area contributed by atoms with Crippen molar-refractivity contribution in [3.05, 3.63) is 11.6 Å². The minimum Gasteiger partial charge on any atom is -0.315 e. The largest absolute Gasteiger partial charge is 0.412 e. The second-order valence-electron chi connectivity index (χ2n) is 5.45. The van der Waals surface area contributed by atoms with E-state index in [1.165, 1.54) is 6.08 Å². The van der Waals surface area contributed by atoms with Crippen LogP contribution in [-0.2, 0) is 0 Å². The molecule has 1 rings (SSSR count).